The van der Waals surface area contributed by atoms with Gasteiger partial charge in [-0.05, 0) is 56.1 Å². The van der Waals surface area contributed by atoms with Gasteiger partial charge >= 0.3 is 0 Å². The van der Waals surface area contributed by atoms with Crippen molar-refractivity contribution in [2.45, 2.75) is 7.43 Å². The molecule has 3 heterocycles. The number of anilines is 1. The Morgan fingerprint density at radius 3 is 1.72 bits per heavy atom. The molecule has 3 aromatic heterocycles. The summed E-state index contributed by atoms with van der Waals surface area (Å²) in [5.74, 6) is -0.0559. The minimum Gasteiger partial charge on any atom is -0.374 e. The molecular formula is C27H29Br3N8O3S2. The highest BCUT2D eigenvalue weighted by Gasteiger charge is 2.11. The summed E-state index contributed by atoms with van der Waals surface area (Å²) in [7, 11) is 6.87. The third-order valence-corrected chi connectivity index (χ3v) is 8.30. The Balaban J connectivity index is 0.000000247. The number of Topliss-reactive ketones (excluding diaryl/α,β-unsaturated/α-hetero) is 1. The number of hydrogen-bond donors (Lipinski definition) is 1. The zero-order valence-electron chi connectivity index (χ0n) is 22.8. The fourth-order valence-corrected chi connectivity index (χ4v) is 5.66. The van der Waals surface area contributed by atoms with Gasteiger partial charge in [0.05, 0.1) is 17.2 Å². The third kappa shape index (κ3) is 10.3. The highest BCUT2D eigenvalue weighted by atomic mass is 79.9. The lowest BCUT2D eigenvalue weighted by molar-refractivity contribution is 0.0820. The molecule has 5 rings (SSSR count). The van der Waals surface area contributed by atoms with Crippen LogP contribution < -0.4 is 5.73 Å². The topological polar surface area (TPSA) is 140 Å². The van der Waals surface area contributed by atoms with Gasteiger partial charge in [-0.25, -0.2) is 9.50 Å². The number of aromatic nitrogens is 5. The van der Waals surface area contributed by atoms with E-state index < -0.39 is 0 Å². The van der Waals surface area contributed by atoms with E-state index in [9.17, 15) is 14.4 Å². The maximum absolute atomic E-state index is 11.8. The Morgan fingerprint density at radius 2 is 1.33 bits per heavy atom. The van der Waals surface area contributed by atoms with Crippen molar-refractivity contribution in [1.29, 1.82) is 0 Å². The number of fused-ring (bicyclic) bond motifs is 1. The lowest BCUT2D eigenvalue weighted by Gasteiger charge is -2.10. The van der Waals surface area contributed by atoms with E-state index in [1.807, 2.05) is 30.5 Å². The van der Waals surface area contributed by atoms with Crippen LogP contribution in [0.1, 0.15) is 38.5 Å². The quantitative estimate of drug-likeness (QED) is 0.159. The molecule has 0 aliphatic heterocycles. The summed E-state index contributed by atoms with van der Waals surface area (Å²) in [5.41, 5.74) is 8.88. The lowest BCUT2D eigenvalue weighted by atomic mass is 10.1. The van der Waals surface area contributed by atoms with Gasteiger partial charge in [0.2, 0.25) is 10.1 Å². The van der Waals surface area contributed by atoms with Gasteiger partial charge in [-0.2, -0.15) is 0 Å². The number of halogens is 3. The number of benzene rings is 2. The summed E-state index contributed by atoms with van der Waals surface area (Å²) in [4.78, 5) is 43.0. The predicted molar refractivity (Wildman–Crippen MR) is 183 cm³/mol. The molecule has 0 fully saturated rings. The molecule has 0 aliphatic carbocycles. The molecule has 2 N–H and O–H groups in total. The van der Waals surface area contributed by atoms with Crippen molar-refractivity contribution < 1.29 is 14.4 Å². The van der Waals surface area contributed by atoms with Crippen LogP contribution in [-0.2, 0) is 0 Å². The lowest BCUT2D eigenvalue weighted by Crippen LogP contribution is -2.21. The SMILES string of the molecule is C.CN(C)C(=O)c1ccc(-c2cn3nc(Br)sc3n2)cc1.CN(C)C(=O)c1ccc(C(=O)CBr)cc1.Nc1nnc(Br)s1. The molecular weight excluding hydrogens is 788 g/mol. The Bertz CT molecular complexity index is 1620. The number of nitrogens with two attached hydrogens (primary N) is 1. The molecule has 0 bridgehead atoms. The van der Waals surface area contributed by atoms with Gasteiger partial charge in [-0.1, -0.05) is 70.3 Å². The smallest absolute Gasteiger partial charge is 0.253 e. The highest BCUT2D eigenvalue weighted by molar-refractivity contribution is 9.11. The maximum atomic E-state index is 11.8. The van der Waals surface area contributed by atoms with E-state index in [-0.39, 0.29) is 25.0 Å². The van der Waals surface area contributed by atoms with Crippen molar-refractivity contribution in [3.63, 3.8) is 0 Å². The standard InChI is InChI=1S/C13H11BrN4OS.C11H12BrNO2.C2H2BrN3S.CH4/c1-17(2)11(19)9-5-3-8(4-6-9)10-7-18-13(15-10)20-12(14)16-18;1-13(2)11(15)9-5-3-8(4-6-9)10(14)7-12;3-1-5-6-2(4)7-1;/h3-7H,1-2H3;3-6H,7H2,1-2H3;(H2,4,6);1H4. The fraction of sp³-hybridized carbons (Fsp3) is 0.222. The van der Waals surface area contributed by atoms with Crippen molar-refractivity contribution in [3.05, 3.63) is 79.3 Å². The summed E-state index contributed by atoms with van der Waals surface area (Å²) in [5, 5.41) is 12.1. The third-order valence-electron chi connectivity index (χ3n) is 5.25. The van der Waals surface area contributed by atoms with Crippen LogP contribution in [0, 0.1) is 0 Å². The number of nitrogen functional groups attached to an aromatic ring is 1. The van der Waals surface area contributed by atoms with Gasteiger partial charge in [0, 0.05) is 50.4 Å². The first-order valence-corrected chi connectivity index (χ1v) is 16.2. The van der Waals surface area contributed by atoms with E-state index in [0.29, 0.717) is 27.2 Å². The van der Waals surface area contributed by atoms with Crippen molar-refractivity contribution in [2.75, 3.05) is 39.3 Å². The minimum atomic E-state index is -0.0622. The number of nitrogens with zero attached hydrogens (tertiary/aromatic N) is 7. The number of ketones is 1. The van der Waals surface area contributed by atoms with E-state index in [4.69, 9.17) is 5.73 Å². The van der Waals surface area contributed by atoms with Crippen LogP contribution in [0.25, 0.3) is 16.2 Å². The zero-order chi connectivity index (χ0) is 31.0. The second-order valence-electron chi connectivity index (χ2n) is 8.71. The first-order valence-electron chi connectivity index (χ1n) is 11.9. The van der Waals surface area contributed by atoms with E-state index in [1.54, 1.807) is 61.9 Å². The largest absolute Gasteiger partial charge is 0.374 e. The predicted octanol–water partition coefficient (Wildman–Crippen LogP) is 6.41. The van der Waals surface area contributed by atoms with E-state index in [1.165, 1.54) is 27.6 Å². The minimum absolute atomic E-state index is 0. The van der Waals surface area contributed by atoms with Crippen molar-refractivity contribution in [2.24, 2.45) is 0 Å². The van der Waals surface area contributed by atoms with Crippen LogP contribution in [0.2, 0.25) is 0 Å². The summed E-state index contributed by atoms with van der Waals surface area (Å²) >= 11 is 12.3. The number of hydrogen-bond acceptors (Lipinski definition) is 10. The summed E-state index contributed by atoms with van der Waals surface area (Å²) in [6.45, 7) is 0. The van der Waals surface area contributed by atoms with Crippen LogP contribution in [-0.4, -0.2) is 85.7 Å². The Hall–Kier alpha value is -3.05. The maximum Gasteiger partial charge on any atom is 0.253 e. The normalized spacial score (nSPS) is 10.0. The average molecular weight is 817 g/mol. The fourth-order valence-electron chi connectivity index (χ4n) is 3.21. The molecule has 43 heavy (non-hydrogen) atoms. The second kappa shape index (κ2) is 16.7. The molecule has 16 heteroatoms. The van der Waals surface area contributed by atoms with Crippen molar-refractivity contribution in [3.8, 4) is 11.3 Å². The summed E-state index contributed by atoms with van der Waals surface area (Å²) in [6, 6.07) is 14.1. The molecule has 0 atom stereocenters. The van der Waals surface area contributed by atoms with E-state index in [2.05, 4.69) is 68.1 Å². The van der Waals surface area contributed by atoms with Crippen molar-refractivity contribution >= 4 is 98.2 Å². The molecule has 0 spiro atoms. The zero-order valence-corrected chi connectivity index (χ0v) is 29.2. The van der Waals surface area contributed by atoms with Gasteiger partial charge < -0.3 is 15.5 Å². The Labute approximate surface area is 282 Å². The molecule has 0 radical (unpaired) electrons. The highest BCUT2D eigenvalue weighted by Crippen LogP contribution is 2.25. The van der Waals surface area contributed by atoms with Gasteiger partial charge in [0.1, 0.15) is 0 Å². The van der Waals surface area contributed by atoms with Gasteiger partial charge in [0.25, 0.3) is 11.8 Å². The number of amides is 2. The first-order chi connectivity index (χ1) is 19.9. The van der Waals surface area contributed by atoms with Crippen molar-refractivity contribution in [1.82, 2.24) is 34.6 Å². The molecule has 2 amide bonds. The van der Waals surface area contributed by atoms with Crippen LogP contribution in [0.3, 0.4) is 0 Å². The number of carbonyl (C=O) groups excluding carboxylic acids is 3. The molecule has 2 aromatic carbocycles. The van der Waals surface area contributed by atoms with Crippen LogP contribution in [0.4, 0.5) is 5.13 Å². The molecule has 0 aliphatic rings. The molecule has 0 saturated heterocycles. The number of rotatable bonds is 5. The molecule has 5 aromatic rings. The van der Waals surface area contributed by atoms with E-state index in [0.717, 1.165) is 24.1 Å². The summed E-state index contributed by atoms with van der Waals surface area (Å²) in [6.07, 6.45) is 1.87. The molecule has 11 nitrogen and oxygen atoms in total. The number of imidazole rings is 1. The first kappa shape index (κ1) is 36.1. The number of alkyl halides is 1. The van der Waals surface area contributed by atoms with E-state index >= 15 is 0 Å². The molecule has 0 saturated carbocycles. The van der Waals surface area contributed by atoms with Gasteiger partial charge in [0.15, 0.2) is 13.6 Å². The molecule has 0 unspecified atom stereocenters. The Kier molecular flexibility index (Phi) is 14.0. The van der Waals surface area contributed by atoms with Crippen LogP contribution in [0.5, 0.6) is 0 Å². The van der Waals surface area contributed by atoms with Crippen LogP contribution >= 0.6 is 70.5 Å². The molecule has 228 valence electrons. The monoisotopic (exact) mass is 814 g/mol. The summed E-state index contributed by atoms with van der Waals surface area (Å²) < 4.78 is 3.27. The van der Waals surface area contributed by atoms with Crippen LogP contribution in [0.15, 0.2) is 62.6 Å². The van der Waals surface area contributed by atoms with Gasteiger partial charge in [-0.3, -0.25) is 14.4 Å². The average Bonchev–Trinajstić information content (AvgIpc) is 3.66. The Morgan fingerprint density at radius 1 is 0.814 bits per heavy atom. The van der Waals surface area contributed by atoms with Gasteiger partial charge in [-0.15, -0.1) is 15.3 Å². The number of carbonyl (C=O) groups is 3. The second-order valence-corrected chi connectivity index (χ2v) is 13.8.